The van der Waals surface area contributed by atoms with E-state index in [-0.39, 0.29) is 0 Å². The van der Waals surface area contributed by atoms with E-state index in [2.05, 4.69) is 4.98 Å². The summed E-state index contributed by atoms with van der Waals surface area (Å²) in [6.45, 7) is 1.93. The van der Waals surface area contributed by atoms with E-state index < -0.39 is 5.97 Å². The number of aliphatic carboxylic acids is 1. The predicted octanol–water partition coefficient (Wildman–Crippen LogP) is 2.28. The van der Waals surface area contributed by atoms with Gasteiger partial charge in [0, 0.05) is 18.0 Å². The molecule has 0 bridgehead atoms. The zero-order valence-corrected chi connectivity index (χ0v) is 9.37. The molecule has 1 aromatic heterocycles. The van der Waals surface area contributed by atoms with E-state index in [0.717, 1.165) is 23.0 Å². The fourth-order valence-electron chi connectivity index (χ4n) is 1.49. The number of aromatic nitrogens is 2. The second kappa shape index (κ2) is 4.65. The number of carboxylic acid groups (broad SMARTS) is 1. The molecule has 2 aromatic rings. The Kier molecular flexibility index (Phi) is 3.05. The summed E-state index contributed by atoms with van der Waals surface area (Å²) in [5.41, 5.74) is 2.81. The number of benzene rings is 1. The van der Waals surface area contributed by atoms with Crippen LogP contribution < -0.4 is 0 Å². The van der Waals surface area contributed by atoms with Crippen LogP contribution in [0.15, 0.2) is 42.9 Å². The molecular formula is C13H12N2O2. The minimum absolute atomic E-state index is 0.855. The number of nitrogens with zero attached hydrogens (tertiary/aromatic N) is 2. The van der Waals surface area contributed by atoms with Crippen LogP contribution >= 0.6 is 0 Å². The second-order valence-electron chi connectivity index (χ2n) is 3.69. The molecule has 2 rings (SSSR count). The van der Waals surface area contributed by atoms with Gasteiger partial charge in [0.1, 0.15) is 0 Å². The molecule has 0 radical (unpaired) electrons. The molecule has 17 heavy (non-hydrogen) atoms. The van der Waals surface area contributed by atoms with Crippen molar-refractivity contribution in [1.82, 2.24) is 9.55 Å². The summed E-state index contributed by atoms with van der Waals surface area (Å²) in [5, 5.41) is 8.51. The Labute approximate surface area is 98.9 Å². The van der Waals surface area contributed by atoms with Crippen LogP contribution in [0, 0.1) is 6.92 Å². The van der Waals surface area contributed by atoms with Gasteiger partial charge in [-0.2, -0.15) is 0 Å². The largest absolute Gasteiger partial charge is 0.478 e. The molecule has 0 aliphatic carbocycles. The predicted molar refractivity (Wildman–Crippen MR) is 65.0 cm³/mol. The van der Waals surface area contributed by atoms with Gasteiger partial charge in [-0.25, -0.2) is 9.78 Å². The van der Waals surface area contributed by atoms with Crippen LogP contribution in [-0.4, -0.2) is 20.6 Å². The highest BCUT2D eigenvalue weighted by Crippen LogP contribution is 2.11. The third-order valence-corrected chi connectivity index (χ3v) is 2.32. The van der Waals surface area contributed by atoms with Crippen molar-refractivity contribution in [2.24, 2.45) is 0 Å². The highest BCUT2D eigenvalue weighted by atomic mass is 16.4. The van der Waals surface area contributed by atoms with Gasteiger partial charge in [-0.05, 0) is 30.7 Å². The number of carbonyl (C=O) groups is 1. The first-order valence-corrected chi connectivity index (χ1v) is 5.17. The normalized spacial score (nSPS) is 10.9. The van der Waals surface area contributed by atoms with Crippen LogP contribution in [0.2, 0.25) is 0 Å². The number of rotatable bonds is 3. The minimum Gasteiger partial charge on any atom is -0.478 e. The first-order chi connectivity index (χ1) is 8.15. The minimum atomic E-state index is -0.945. The van der Waals surface area contributed by atoms with Gasteiger partial charge in [0.2, 0.25) is 0 Å². The molecule has 0 aliphatic rings. The molecule has 0 saturated carbocycles. The molecule has 0 saturated heterocycles. The van der Waals surface area contributed by atoms with Crippen LogP contribution in [-0.2, 0) is 4.79 Å². The fourth-order valence-corrected chi connectivity index (χ4v) is 1.49. The van der Waals surface area contributed by atoms with Crippen molar-refractivity contribution in [2.75, 3.05) is 0 Å². The Morgan fingerprint density at radius 3 is 2.59 bits per heavy atom. The maximum Gasteiger partial charge on any atom is 0.328 e. The second-order valence-corrected chi connectivity index (χ2v) is 3.69. The highest BCUT2D eigenvalue weighted by Gasteiger charge is 1.97. The summed E-state index contributed by atoms with van der Waals surface area (Å²) in [6, 6.07) is 7.57. The average molecular weight is 228 g/mol. The topological polar surface area (TPSA) is 55.1 Å². The summed E-state index contributed by atoms with van der Waals surface area (Å²) in [4.78, 5) is 14.5. The summed E-state index contributed by atoms with van der Waals surface area (Å²) in [5.74, 6) is -0.945. The Hall–Kier alpha value is -2.36. The molecule has 1 heterocycles. The molecule has 1 aromatic carbocycles. The zero-order valence-electron chi connectivity index (χ0n) is 9.37. The zero-order chi connectivity index (χ0) is 12.3. The monoisotopic (exact) mass is 228 g/mol. The summed E-state index contributed by atoms with van der Waals surface area (Å²) >= 11 is 0. The Morgan fingerprint density at radius 2 is 2.06 bits per heavy atom. The van der Waals surface area contributed by atoms with Crippen LogP contribution in [0.25, 0.3) is 11.8 Å². The van der Waals surface area contributed by atoms with Crippen molar-refractivity contribution in [3.8, 4) is 5.69 Å². The van der Waals surface area contributed by atoms with E-state index in [1.165, 1.54) is 0 Å². The Morgan fingerprint density at radius 1 is 1.35 bits per heavy atom. The SMILES string of the molecule is Cc1cn(-c2ccc(C=CC(=O)O)cc2)cn1. The lowest BCUT2D eigenvalue weighted by Crippen LogP contribution is -1.89. The summed E-state index contributed by atoms with van der Waals surface area (Å²) in [6.07, 6.45) is 6.36. The van der Waals surface area contributed by atoms with Gasteiger partial charge in [-0.1, -0.05) is 12.1 Å². The van der Waals surface area contributed by atoms with Crippen molar-refractivity contribution < 1.29 is 9.90 Å². The lowest BCUT2D eigenvalue weighted by molar-refractivity contribution is -0.131. The molecule has 4 heteroatoms. The van der Waals surface area contributed by atoms with E-state index in [4.69, 9.17) is 5.11 Å². The summed E-state index contributed by atoms with van der Waals surface area (Å²) < 4.78 is 1.92. The van der Waals surface area contributed by atoms with E-state index in [1.807, 2.05) is 42.0 Å². The van der Waals surface area contributed by atoms with Crippen LogP contribution in [0.5, 0.6) is 0 Å². The van der Waals surface area contributed by atoms with Gasteiger partial charge in [0.15, 0.2) is 0 Å². The van der Waals surface area contributed by atoms with Crippen LogP contribution in [0.1, 0.15) is 11.3 Å². The molecule has 0 amide bonds. The first kappa shape index (κ1) is 11.1. The van der Waals surface area contributed by atoms with E-state index in [0.29, 0.717) is 0 Å². The molecule has 0 aliphatic heterocycles. The molecule has 0 unspecified atom stereocenters. The standard InChI is InChI=1S/C13H12N2O2/c1-10-8-15(9-14-10)12-5-2-11(3-6-12)4-7-13(16)17/h2-9H,1H3,(H,16,17). The van der Waals surface area contributed by atoms with Crippen LogP contribution in [0.4, 0.5) is 0 Å². The fraction of sp³-hybridized carbons (Fsp3) is 0.0769. The third-order valence-electron chi connectivity index (χ3n) is 2.32. The maximum absolute atomic E-state index is 10.4. The average Bonchev–Trinajstić information content (AvgIpc) is 2.74. The van der Waals surface area contributed by atoms with Gasteiger partial charge in [-0.3, -0.25) is 0 Å². The van der Waals surface area contributed by atoms with Gasteiger partial charge in [0.25, 0.3) is 0 Å². The molecule has 86 valence electrons. The van der Waals surface area contributed by atoms with Gasteiger partial charge in [0.05, 0.1) is 12.0 Å². The van der Waals surface area contributed by atoms with E-state index >= 15 is 0 Å². The number of imidazole rings is 1. The quantitative estimate of drug-likeness (QED) is 0.820. The number of hydrogen-bond donors (Lipinski definition) is 1. The lowest BCUT2D eigenvalue weighted by atomic mass is 10.2. The molecule has 1 N–H and O–H groups in total. The summed E-state index contributed by atoms with van der Waals surface area (Å²) in [7, 11) is 0. The van der Waals surface area contributed by atoms with E-state index in [9.17, 15) is 4.79 Å². The van der Waals surface area contributed by atoms with E-state index in [1.54, 1.807) is 12.4 Å². The molecule has 0 spiro atoms. The smallest absolute Gasteiger partial charge is 0.328 e. The maximum atomic E-state index is 10.4. The van der Waals surface area contributed by atoms with Crippen LogP contribution in [0.3, 0.4) is 0 Å². The highest BCUT2D eigenvalue weighted by molar-refractivity contribution is 5.85. The van der Waals surface area contributed by atoms with Crippen molar-refractivity contribution in [3.63, 3.8) is 0 Å². The molecule has 4 nitrogen and oxygen atoms in total. The van der Waals surface area contributed by atoms with Crippen molar-refractivity contribution in [3.05, 3.63) is 54.1 Å². The van der Waals surface area contributed by atoms with Gasteiger partial charge >= 0.3 is 5.97 Å². The molecule has 0 atom stereocenters. The van der Waals surface area contributed by atoms with Gasteiger partial charge < -0.3 is 9.67 Å². The number of aryl methyl sites for hydroxylation is 1. The molecular weight excluding hydrogens is 216 g/mol. The first-order valence-electron chi connectivity index (χ1n) is 5.17. The molecule has 0 fully saturated rings. The Balaban J connectivity index is 2.21. The number of hydrogen-bond acceptors (Lipinski definition) is 2. The van der Waals surface area contributed by atoms with Crippen molar-refractivity contribution >= 4 is 12.0 Å². The third kappa shape index (κ3) is 2.81. The van der Waals surface area contributed by atoms with Crippen molar-refractivity contribution in [1.29, 1.82) is 0 Å². The number of carboxylic acids is 1. The lowest BCUT2D eigenvalue weighted by Gasteiger charge is -2.01. The van der Waals surface area contributed by atoms with Crippen molar-refractivity contribution in [2.45, 2.75) is 6.92 Å². The Bertz CT molecular complexity index is 553. The van der Waals surface area contributed by atoms with Gasteiger partial charge in [-0.15, -0.1) is 0 Å².